The lowest BCUT2D eigenvalue weighted by Gasteiger charge is -2.31. The van der Waals surface area contributed by atoms with Gasteiger partial charge in [-0.15, -0.1) is 12.4 Å². The first-order valence-electron chi connectivity index (χ1n) is 6.09. The summed E-state index contributed by atoms with van der Waals surface area (Å²) in [4.78, 5) is 2.34. The van der Waals surface area contributed by atoms with Crippen molar-refractivity contribution in [1.82, 2.24) is 10.2 Å². The van der Waals surface area contributed by atoms with Gasteiger partial charge in [-0.3, -0.25) is 4.90 Å². The van der Waals surface area contributed by atoms with Crippen LogP contribution in [0.1, 0.15) is 6.92 Å². The number of ether oxygens (including phenoxy) is 1. The van der Waals surface area contributed by atoms with Crippen molar-refractivity contribution >= 4 is 12.4 Å². The Morgan fingerprint density at radius 1 is 1.44 bits per heavy atom. The standard InChI is InChI=1S/C13H19FN2O.ClH/c1-11-10-16(7-6-15-11)8-9-17-13-5-3-2-4-12(13)14;/h2-5,11,15H,6-10H2,1H3;1H. The van der Waals surface area contributed by atoms with Gasteiger partial charge in [0.15, 0.2) is 11.6 Å². The van der Waals surface area contributed by atoms with E-state index in [2.05, 4.69) is 17.1 Å². The highest BCUT2D eigenvalue weighted by atomic mass is 35.5. The van der Waals surface area contributed by atoms with Gasteiger partial charge in [-0.05, 0) is 19.1 Å². The maximum absolute atomic E-state index is 13.3. The molecule has 2 rings (SSSR count). The van der Waals surface area contributed by atoms with Gasteiger partial charge in [-0.2, -0.15) is 0 Å². The molecule has 18 heavy (non-hydrogen) atoms. The minimum atomic E-state index is -0.291. The molecule has 1 aromatic carbocycles. The fourth-order valence-electron chi connectivity index (χ4n) is 2.06. The molecule has 1 unspecified atom stereocenters. The van der Waals surface area contributed by atoms with Crippen LogP contribution in [0, 0.1) is 5.82 Å². The largest absolute Gasteiger partial charge is 0.489 e. The van der Waals surface area contributed by atoms with Gasteiger partial charge in [0, 0.05) is 32.2 Å². The van der Waals surface area contributed by atoms with Gasteiger partial charge >= 0.3 is 0 Å². The topological polar surface area (TPSA) is 24.5 Å². The molecule has 0 radical (unpaired) electrons. The van der Waals surface area contributed by atoms with Crippen LogP contribution in [-0.4, -0.2) is 43.7 Å². The Labute approximate surface area is 114 Å². The second kappa shape index (κ2) is 7.56. The highest BCUT2D eigenvalue weighted by molar-refractivity contribution is 5.85. The highest BCUT2D eigenvalue weighted by Crippen LogP contribution is 2.15. The van der Waals surface area contributed by atoms with Crippen LogP contribution in [0.3, 0.4) is 0 Å². The Morgan fingerprint density at radius 2 is 2.22 bits per heavy atom. The first kappa shape index (κ1) is 15.2. The summed E-state index contributed by atoms with van der Waals surface area (Å²) in [6.07, 6.45) is 0. The summed E-state index contributed by atoms with van der Waals surface area (Å²) in [6, 6.07) is 7.06. The van der Waals surface area contributed by atoms with Crippen molar-refractivity contribution in [3.8, 4) is 5.75 Å². The Bertz CT molecular complexity index is 365. The van der Waals surface area contributed by atoms with Crippen molar-refractivity contribution in [3.05, 3.63) is 30.1 Å². The zero-order chi connectivity index (χ0) is 12.1. The van der Waals surface area contributed by atoms with Crippen LogP contribution in [0.25, 0.3) is 0 Å². The fraction of sp³-hybridized carbons (Fsp3) is 0.538. The number of piperazine rings is 1. The summed E-state index contributed by atoms with van der Waals surface area (Å²) < 4.78 is 18.7. The number of halogens is 2. The second-order valence-electron chi connectivity index (χ2n) is 4.43. The minimum Gasteiger partial charge on any atom is -0.489 e. The van der Waals surface area contributed by atoms with Gasteiger partial charge in [0.2, 0.25) is 0 Å². The molecule has 5 heteroatoms. The van der Waals surface area contributed by atoms with E-state index in [1.807, 2.05) is 0 Å². The average Bonchev–Trinajstić information content (AvgIpc) is 2.32. The van der Waals surface area contributed by atoms with E-state index in [-0.39, 0.29) is 18.2 Å². The molecular formula is C13H20ClFN2O. The highest BCUT2D eigenvalue weighted by Gasteiger charge is 2.15. The summed E-state index contributed by atoms with van der Waals surface area (Å²) in [5, 5.41) is 3.39. The number of hydrogen-bond donors (Lipinski definition) is 1. The summed E-state index contributed by atoms with van der Waals surface area (Å²) >= 11 is 0. The van der Waals surface area contributed by atoms with E-state index in [1.165, 1.54) is 6.07 Å². The fourth-order valence-corrected chi connectivity index (χ4v) is 2.06. The Hall–Kier alpha value is -0.840. The number of para-hydroxylation sites is 1. The molecular weight excluding hydrogens is 255 g/mol. The maximum atomic E-state index is 13.3. The van der Waals surface area contributed by atoms with E-state index in [0.29, 0.717) is 18.4 Å². The SMILES string of the molecule is CC1CN(CCOc2ccccc2F)CCN1.Cl. The van der Waals surface area contributed by atoms with Gasteiger partial charge < -0.3 is 10.1 Å². The normalized spacial score (nSPS) is 20.2. The molecule has 1 aromatic rings. The molecule has 1 aliphatic rings. The van der Waals surface area contributed by atoms with Crippen LogP contribution >= 0.6 is 12.4 Å². The molecule has 3 nitrogen and oxygen atoms in total. The Morgan fingerprint density at radius 3 is 2.94 bits per heavy atom. The minimum absolute atomic E-state index is 0. The molecule has 0 aliphatic carbocycles. The zero-order valence-electron chi connectivity index (χ0n) is 10.6. The maximum Gasteiger partial charge on any atom is 0.165 e. The molecule has 1 atom stereocenters. The van der Waals surface area contributed by atoms with Crippen molar-refractivity contribution in [2.45, 2.75) is 13.0 Å². The number of benzene rings is 1. The number of rotatable bonds is 4. The monoisotopic (exact) mass is 274 g/mol. The molecule has 0 amide bonds. The molecule has 0 bridgehead atoms. The third-order valence-corrected chi connectivity index (χ3v) is 2.95. The molecule has 1 aliphatic heterocycles. The number of nitrogens with zero attached hydrogens (tertiary/aromatic N) is 1. The summed E-state index contributed by atoms with van der Waals surface area (Å²) in [5.41, 5.74) is 0. The smallest absolute Gasteiger partial charge is 0.165 e. The molecule has 0 spiro atoms. The van der Waals surface area contributed by atoms with E-state index in [0.717, 1.165) is 26.2 Å². The molecule has 0 aromatic heterocycles. The first-order valence-corrected chi connectivity index (χ1v) is 6.09. The van der Waals surface area contributed by atoms with E-state index < -0.39 is 0 Å². The summed E-state index contributed by atoms with van der Waals surface area (Å²) in [6.45, 7) is 6.63. The van der Waals surface area contributed by atoms with Crippen molar-refractivity contribution in [3.63, 3.8) is 0 Å². The van der Waals surface area contributed by atoms with E-state index in [4.69, 9.17) is 4.74 Å². The number of nitrogens with one attached hydrogen (secondary N) is 1. The lowest BCUT2D eigenvalue weighted by Crippen LogP contribution is -2.50. The van der Waals surface area contributed by atoms with Crippen molar-refractivity contribution in [1.29, 1.82) is 0 Å². The van der Waals surface area contributed by atoms with E-state index in [1.54, 1.807) is 18.2 Å². The predicted molar refractivity (Wildman–Crippen MR) is 73.0 cm³/mol. The van der Waals surface area contributed by atoms with Crippen molar-refractivity contribution in [2.24, 2.45) is 0 Å². The molecule has 1 N–H and O–H groups in total. The number of hydrogen-bond acceptors (Lipinski definition) is 3. The summed E-state index contributed by atoms with van der Waals surface area (Å²) in [5.74, 6) is 0.0526. The lowest BCUT2D eigenvalue weighted by molar-refractivity contribution is 0.168. The van der Waals surface area contributed by atoms with Crippen molar-refractivity contribution in [2.75, 3.05) is 32.8 Å². The second-order valence-corrected chi connectivity index (χ2v) is 4.43. The third kappa shape index (κ3) is 4.44. The van der Waals surface area contributed by atoms with Gasteiger partial charge in [-0.1, -0.05) is 12.1 Å². The van der Waals surface area contributed by atoms with Gasteiger partial charge in [0.05, 0.1) is 0 Å². The molecule has 1 saturated heterocycles. The molecule has 1 fully saturated rings. The van der Waals surface area contributed by atoms with Crippen LogP contribution in [0.4, 0.5) is 4.39 Å². The van der Waals surface area contributed by atoms with Crippen LogP contribution in [0.15, 0.2) is 24.3 Å². The predicted octanol–water partition coefficient (Wildman–Crippen LogP) is 1.92. The van der Waals surface area contributed by atoms with Gasteiger partial charge in [-0.25, -0.2) is 4.39 Å². The first-order chi connectivity index (χ1) is 8.25. The average molecular weight is 275 g/mol. The third-order valence-electron chi connectivity index (χ3n) is 2.95. The quantitative estimate of drug-likeness (QED) is 0.908. The van der Waals surface area contributed by atoms with Gasteiger partial charge in [0.25, 0.3) is 0 Å². The summed E-state index contributed by atoms with van der Waals surface area (Å²) in [7, 11) is 0. The lowest BCUT2D eigenvalue weighted by atomic mass is 10.2. The van der Waals surface area contributed by atoms with Crippen LogP contribution in [0.2, 0.25) is 0 Å². The Balaban J connectivity index is 0.00000162. The van der Waals surface area contributed by atoms with E-state index in [9.17, 15) is 4.39 Å². The molecule has 1 heterocycles. The van der Waals surface area contributed by atoms with Gasteiger partial charge in [0.1, 0.15) is 6.61 Å². The van der Waals surface area contributed by atoms with Crippen LogP contribution in [0.5, 0.6) is 5.75 Å². The molecule has 102 valence electrons. The van der Waals surface area contributed by atoms with Crippen LogP contribution in [-0.2, 0) is 0 Å². The Kier molecular flexibility index (Phi) is 6.39. The molecule has 0 saturated carbocycles. The van der Waals surface area contributed by atoms with E-state index >= 15 is 0 Å². The van der Waals surface area contributed by atoms with Crippen molar-refractivity contribution < 1.29 is 9.13 Å². The van der Waals surface area contributed by atoms with Crippen LogP contribution < -0.4 is 10.1 Å². The zero-order valence-corrected chi connectivity index (χ0v) is 11.4.